The van der Waals surface area contributed by atoms with Crippen molar-refractivity contribution in [3.63, 3.8) is 0 Å². The van der Waals surface area contributed by atoms with Gasteiger partial charge in [0.2, 0.25) is 0 Å². The van der Waals surface area contributed by atoms with Gasteiger partial charge in [-0.25, -0.2) is 0 Å². The normalized spacial score (nSPS) is 11.2. The van der Waals surface area contributed by atoms with Gasteiger partial charge in [-0.15, -0.1) is 5.92 Å². The van der Waals surface area contributed by atoms with E-state index in [1.165, 1.54) is 0 Å². The van der Waals surface area contributed by atoms with E-state index in [-0.39, 0.29) is 0 Å². The second kappa shape index (κ2) is 6.79. The molecule has 0 atom stereocenters. The summed E-state index contributed by atoms with van der Waals surface area (Å²) in [6.07, 6.45) is 4.77. The molecule has 0 rings (SSSR count). The SMILES string of the molecule is CCC#CC/C(N)=C\CC(C)C. The molecule has 0 aromatic carbocycles. The largest absolute Gasteiger partial charge is 0.402 e. The second-order valence-electron chi connectivity index (χ2n) is 3.29. The Hall–Kier alpha value is -0.900. The van der Waals surface area contributed by atoms with Gasteiger partial charge in [-0.2, -0.15) is 0 Å². The van der Waals surface area contributed by atoms with Crippen LogP contribution in [-0.4, -0.2) is 0 Å². The molecule has 0 fully saturated rings. The molecule has 2 N–H and O–H groups in total. The van der Waals surface area contributed by atoms with Crippen molar-refractivity contribution in [3.05, 3.63) is 11.8 Å². The molecule has 0 aromatic heterocycles. The number of allylic oxidation sites excluding steroid dienone is 2. The number of rotatable bonds is 3. The molecule has 1 nitrogen and oxygen atoms in total. The molecule has 1 heteroatoms. The van der Waals surface area contributed by atoms with Crippen molar-refractivity contribution < 1.29 is 0 Å². The van der Waals surface area contributed by atoms with E-state index >= 15 is 0 Å². The van der Waals surface area contributed by atoms with Crippen molar-refractivity contribution in [1.29, 1.82) is 0 Å². The third-order valence-electron chi connectivity index (χ3n) is 1.45. The fraction of sp³-hybridized carbons (Fsp3) is 0.636. The summed E-state index contributed by atoms with van der Waals surface area (Å²) in [4.78, 5) is 0. The summed E-state index contributed by atoms with van der Waals surface area (Å²) in [5.41, 5.74) is 6.63. The molecular weight excluding hydrogens is 146 g/mol. The zero-order valence-electron chi connectivity index (χ0n) is 8.35. The molecule has 0 amide bonds. The summed E-state index contributed by atoms with van der Waals surface area (Å²) in [6, 6.07) is 0. The highest BCUT2D eigenvalue weighted by Crippen LogP contribution is 2.02. The van der Waals surface area contributed by atoms with Gasteiger partial charge in [0.05, 0.1) is 0 Å². The van der Waals surface area contributed by atoms with Crippen molar-refractivity contribution in [2.45, 2.75) is 40.0 Å². The lowest BCUT2D eigenvalue weighted by molar-refractivity contribution is 0.660. The minimum atomic E-state index is 0.683. The van der Waals surface area contributed by atoms with Crippen LogP contribution in [0.15, 0.2) is 11.8 Å². The van der Waals surface area contributed by atoms with Gasteiger partial charge in [0.25, 0.3) is 0 Å². The third-order valence-corrected chi connectivity index (χ3v) is 1.45. The van der Waals surface area contributed by atoms with E-state index in [4.69, 9.17) is 5.73 Å². The number of hydrogen-bond acceptors (Lipinski definition) is 1. The molecule has 0 spiro atoms. The van der Waals surface area contributed by atoms with Gasteiger partial charge in [0, 0.05) is 18.5 Å². The summed E-state index contributed by atoms with van der Waals surface area (Å²) in [5.74, 6) is 6.69. The Kier molecular flexibility index (Phi) is 6.28. The quantitative estimate of drug-likeness (QED) is 0.639. The molecule has 0 aliphatic carbocycles. The second-order valence-corrected chi connectivity index (χ2v) is 3.29. The van der Waals surface area contributed by atoms with Crippen molar-refractivity contribution in [1.82, 2.24) is 0 Å². The Balaban J connectivity index is 3.70. The molecule has 0 bridgehead atoms. The predicted octanol–water partition coefficient (Wildman–Crippen LogP) is 2.68. The lowest BCUT2D eigenvalue weighted by Crippen LogP contribution is -1.96. The van der Waals surface area contributed by atoms with Crippen LogP contribution in [-0.2, 0) is 0 Å². The third kappa shape index (κ3) is 7.21. The molecule has 12 heavy (non-hydrogen) atoms. The Morgan fingerprint density at radius 1 is 1.42 bits per heavy atom. The average molecular weight is 165 g/mol. The zero-order valence-corrected chi connectivity index (χ0v) is 8.35. The van der Waals surface area contributed by atoms with Gasteiger partial charge < -0.3 is 5.73 Å². The minimum absolute atomic E-state index is 0.683. The first-order valence-electron chi connectivity index (χ1n) is 4.57. The Morgan fingerprint density at radius 2 is 2.08 bits per heavy atom. The van der Waals surface area contributed by atoms with Gasteiger partial charge in [0.15, 0.2) is 0 Å². The topological polar surface area (TPSA) is 26.0 Å². The van der Waals surface area contributed by atoms with Gasteiger partial charge in [-0.1, -0.05) is 32.8 Å². The maximum absolute atomic E-state index is 5.72. The molecule has 0 aliphatic heterocycles. The van der Waals surface area contributed by atoms with E-state index in [2.05, 4.69) is 31.8 Å². The van der Waals surface area contributed by atoms with E-state index in [1.807, 2.05) is 6.92 Å². The summed E-state index contributed by atoms with van der Waals surface area (Å²) in [7, 11) is 0. The van der Waals surface area contributed by atoms with E-state index in [0.717, 1.165) is 25.0 Å². The Bertz CT molecular complexity index is 191. The average Bonchev–Trinajstić information content (AvgIpc) is 2.01. The zero-order chi connectivity index (χ0) is 9.40. The molecule has 0 radical (unpaired) electrons. The fourth-order valence-corrected chi connectivity index (χ4v) is 0.749. The summed E-state index contributed by atoms with van der Waals surface area (Å²) >= 11 is 0. The lowest BCUT2D eigenvalue weighted by Gasteiger charge is -1.99. The van der Waals surface area contributed by atoms with Crippen molar-refractivity contribution in [3.8, 4) is 11.8 Å². The Morgan fingerprint density at radius 3 is 2.58 bits per heavy atom. The van der Waals surface area contributed by atoms with Crippen LogP contribution in [0.25, 0.3) is 0 Å². The van der Waals surface area contributed by atoms with E-state index in [1.54, 1.807) is 0 Å². The standard InChI is InChI=1S/C11H19N/c1-4-5-6-7-11(12)9-8-10(2)3/h9-10H,4,7-8,12H2,1-3H3/b11-9+. The van der Waals surface area contributed by atoms with Gasteiger partial charge >= 0.3 is 0 Å². The van der Waals surface area contributed by atoms with E-state index in [0.29, 0.717) is 5.92 Å². The van der Waals surface area contributed by atoms with E-state index in [9.17, 15) is 0 Å². The van der Waals surface area contributed by atoms with Gasteiger partial charge in [0.1, 0.15) is 0 Å². The maximum Gasteiger partial charge on any atom is 0.0483 e. The molecule has 0 saturated heterocycles. The monoisotopic (exact) mass is 165 g/mol. The molecular formula is C11H19N. The van der Waals surface area contributed by atoms with Crippen molar-refractivity contribution in [2.24, 2.45) is 11.7 Å². The van der Waals surface area contributed by atoms with Crippen LogP contribution in [0.2, 0.25) is 0 Å². The lowest BCUT2D eigenvalue weighted by atomic mass is 10.1. The van der Waals surface area contributed by atoms with Gasteiger partial charge in [-0.3, -0.25) is 0 Å². The first-order chi connectivity index (χ1) is 5.66. The van der Waals surface area contributed by atoms with Crippen LogP contribution in [0, 0.1) is 17.8 Å². The first kappa shape index (κ1) is 11.1. The minimum Gasteiger partial charge on any atom is -0.402 e. The summed E-state index contributed by atoms with van der Waals surface area (Å²) in [5, 5.41) is 0. The first-order valence-corrected chi connectivity index (χ1v) is 4.57. The molecule has 0 aromatic rings. The molecule has 0 heterocycles. The smallest absolute Gasteiger partial charge is 0.0483 e. The molecule has 0 saturated carbocycles. The number of nitrogens with two attached hydrogens (primary N) is 1. The molecule has 0 aliphatic rings. The van der Waals surface area contributed by atoms with Crippen LogP contribution in [0.1, 0.15) is 40.0 Å². The summed E-state index contributed by atoms with van der Waals surface area (Å²) < 4.78 is 0. The highest BCUT2D eigenvalue weighted by Gasteiger charge is 1.90. The highest BCUT2D eigenvalue weighted by atomic mass is 14.6. The van der Waals surface area contributed by atoms with E-state index < -0.39 is 0 Å². The molecule has 0 unspecified atom stereocenters. The maximum atomic E-state index is 5.72. The van der Waals surface area contributed by atoms with Crippen LogP contribution in [0.4, 0.5) is 0 Å². The van der Waals surface area contributed by atoms with Crippen molar-refractivity contribution >= 4 is 0 Å². The van der Waals surface area contributed by atoms with Crippen molar-refractivity contribution in [2.75, 3.05) is 0 Å². The van der Waals surface area contributed by atoms with Crippen LogP contribution in [0.5, 0.6) is 0 Å². The Labute approximate surface area is 76.0 Å². The van der Waals surface area contributed by atoms with Crippen LogP contribution >= 0.6 is 0 Å². The van der Waals surface area contributed by atoms with Crippen LogP contribution in [0.3, 0.4) is 0 Å². The fourth-order valence-electron chi connectivity index (χ4n) is 0.749. The van der Waals surface area contributed by atoms with Crippen LogP contribution < -0.4 is 5.73 Å². The summed E-state index contributed by atoms with van der Waals surface area (Å²) in [6.45, 7) is 6.41. The van der Waals surface area contributed by atoms with Gasteiger partial charge in [-0.05, 0) is 12.3 Å². The molecule has 68 valence electrons. The highest BCUT2D eigenvalue weighted by molar-refractivity contribution is 5.10. The number of hydrogen-bond donors (Lipinski definition) is 1. The predicted molar refractivity (Wildman–Crippen MR) is 54.4 cm³/mol.